The number of para-hydroxylation sites is 2. The molecular weight excluding hydrogens is 400 g/mol. The van der Waals surface area contributed by atoms with Gasteiger partial charge in [0.25, 0.3) is 5.91 Å². The van der Waals surface area contributed by atoms with E-state index in [9.17, 15) is 9.59 Å². The first-order valence-corrected chi connectivity index (χ1v) is 9.80. The number of rotatable bonds is 6. The lowest BCUT2D eigenvalue weighted by Crippen LogP contribution is -2.29. The average Bonchev–Trinajstić information content (AvgIpc) is 3.11. The standard InChI is InChI=1S/C23H19ClN4O2/c1-27(23(30)19-7-4-5-13-25-19)15-22-26-18-6-2-3-8-20(18)28(22)14-21(29)16-9-11-17(24)12-10-16/h2-13H,14-15H2,1H3. The normalized spacial score (nSPS) is 10.9. The number of nitrogens with zero attached hydrogens (tertiary/aromatic N) is 4. The highest BCUT2D eigenvalue weighted by Crippen LogP contribution is 2.19. The Labute approximate surface area is 178 Å². The molecule has 0 saturated heterocycles. The molecule has 0 N–H and O–H groups in total. The van der Waals surface area contributed by atoms with E-state index in [2.05, 4.69) is 9.97 Å². The maximum atomic E-state index is 12.9. The van der Waals surface area contributed by atoms with Crippen molar-refractivity contribution < 1.29 is 9.59 Å². The third-order valence-electron chi connectivity index (χ3n) is 4.81. The van der Waals surface area contributed by atoms with Crippen LogP contribution >= 0.6 is 11.6 Å². The molecule has 0 fully saturated rings. The van der Waals surface area contributed by atoms with E-state index in [0.717, 1.165) is 11.0 Å². The number of hydrogen-bond acceptors (Lipinski definition) is 4. The Morgan fingerprint density at radius 3 is 2.47 bits per heavy atom. The van der Waals surface area contributed by atoms with Crippen LogP contribution in [0.2, 0.25) is 5.02 Å². The number of fused-ring (bicyclic) bond motifs is 1. The van der Waals surface area contributed by atoms with Crippen LogP contribution in [0.25, 0.3) is 11.0 Å². The summed E-state index contributed by atoms with van der Waals surface area (Å²) in [5.74, 6) is 0.360. The smallest absolute Gasteiger partial charge is 0.272 e. The molecule has 0 atom stereocenters. The number of aromatic nitrogens is 3. The maximum absolute atomic E-state index is 12.9. The Kier molecular flexibility index (Phi) is 5.59. The van der Waals surface area contributed by atoms with Gasteiger partial charge in [-0.15, -0.1) is 0 Å². The predicted octanol–water partition coefficient (Wildman–Crippen LogP) is 4.24. The van der Waals surface area contributed by atoms with Crippen LogP contribution in [0.15, 0.2) is 72.9 Å². The molecule has 2 aromatic carbocycles. The van der Waals surface area contributed by atoms with E-state index < -0.39 is 0 Å². The van der Waals surface area contributed by atoms with Gasteiger partial charge in [0.05, 0.1) is 24.1 Å². The van der Waals surface area contributed by atoms with Crippen molar-refractivity contribution in [1.82, 2.24) is 19.4 Å². The minimum atomic E-state index is -0.210. The van der Waals surface area contributed by atoms with Gasteiger partial charge in [-0.05, 0) is 48.5 Å². The molecule has 0 saturated carbocycles. The lowest BCUT2D eigenvalue weighted by molar-refractivity contribution is 0.0774. The first-order valence-electron chi connectivity index (χ1n) is 9.42. The molecule has 6 nitrogen and oxygen atoms in total. The second-order valence-electron chi connectivity index (χ2n) is 6.91. The number of pyridine rings is 1. The van der Waals surface area contributed by atoms with Crippen molar-refractivity contribution in [1.29, 1.82) is 0 Å². The average molecular weight is 419 g/mol. The van der Waals surface area contributed by atoms with Crippen LogP contribution in [0.5, 0.6) is 0 Å². The second-order valence-corrected chi connectivity index (χ2v) is 7.35. The minimum Gasteiger partial charge on any atom is -0.333 e. The summed E-state index contributed by atoms with van der Waals surface area (Å²) in [6.45, 7) is 0.362. The molecule has 0 spiro atoms. The summed E-state index contributed by atoms with van der Waals surface area (Å²) in [4.78, 5) is 35.9. The fraction of sp³-hybridized carbons (Fsp3) is 0.130. The summed E-state index contributed by atoms with van der Waals surface area (Å²) < 4.78 is 1.86. The van der Waals surface area contributed by atoms with Gasteiger partial charge in [0, 0.05) is 23.8 Å². The van der Waals surface area contributed by atoms with Gasteiger partial charge in [-0.2, -0.15) is 0 Å². The van der Waals surface area contributed by atoms with Crippen LogP contribution in [0.1, 0.15) is 26.7 Å². The van der Waals surface area contributed by atoms with Gasteiger partial charge in [-0.1, -0.05) is 29.8 Å². The molecule has 7 heteroatoms. The summed E-state index contributed by atoms with van der Waals surface area (Å²) in [5, 5.41) is 0.579. The predicted molar refractivity (Wildman–Crippen MR) is 116 cm³/mol. The number of carbonyl (C=O) groups is 2. The number of halogens is 1. The van der Waals surface area contributed by atoms with Gasteiger partial charge in [0.1, 0.15) is 11.5 Å². The van der Waals surface area contributed by atoms with Crippen LogP contribution in [0, 0.1) is 0 Å². The molecule has 2 aromatic heterocycles. The summed E-state index contributed by atoms with van der Waals surface area (Å²) in [6, 6.07) is 19.6. The van der Waals surface area contributed by atoms with E-state index in [0.29, 0.717) is 22.1 Å². The van der Waals surface area contributed by atoms with Crippen molar-refractivity contribution in [3.63, 3.8) is 0 Å². The van der Waals surface area contributed by atoms with Gasteiger partial charge in [0.2, 0.25) is 0 Å². The van der Waals surface area contributed by atoms with E-state index in [4.69, 9.17) is 11.6 Å². The van der Waals surface area contributed by atoms with Gasteiger partial charge < -0.3 is 9.47 Å². The van der Waals surface area contributed by atoms with Crippen LogP contribution < -0.4 is 0 Å². The van der Waals surface area contributed by atoms with E-state index in [1.54, 1.807) is 60.6 Å². The van der Waals surface area contributed by atoms with Gasteiger partial charge in [-0.25, -0.2) is 4.98 Å². The van der Waals surface area contributed by atoms with E-state index in [1.165, 1.54) is 0 Å². The van der Waals surface area contributed by atoms with Crippen LogP contribution in [0.3, 0.4) is 0 Å². The van der Waals surface area contributed by atoms with Gasteiger partial charge in [-0.3, -0.25) is 14.6 Å². The largest absolute Gasteiger partial charge is 0.333 e. The molecule has 0 unspecified atom stereocenters. The van der Waals surface area contributed by atoms with Crippen LogP contribution in [0.4, 0.5) is 0 Å². The lowest BCUT2D eigenvalue weighted by atomic mass is 10.1. The highest BCUT2D eigenvalue weighted by atomic mass is 35.5. The summed E-state index contributed by atoms with van der Waals surface area (Å²) in [5.41, 5.74) is 2.55. The highest BCUT2D eigenvalue weighted by Gasteiger charge is 2.19. The number of hydrogen-bond donors (Lipinski definition) is 0. The van der Waals surface area contributed by atoms with Crippen molar-refractivity contribution in [3.8, 4) is 0 Å². The Morgan fingerprint density at radius 2 is 1.73 bits per heavy atom. The molecule has 4 aromatic rings. The summed E-state index contributed by atoms with van der Waals surface area (Å²) >= 11 is 5.93. The molecule has 150 valence electrons. The van der Waals surface area contributed by atoms with E-state index in [-0.39, 0.29) is 24.8 Å². The highest BCUT2D eigenvalue weighted by molar-refractivity contribution is 6.30. The monoisotopic (exact) mass is 418 g/mol. The van der Waals surface area contributed by atoms with E-state index in [1.807, 2.05) is 28.8 Å². The van der Waals surface area contributed by atoms with Crippen molar-refractivity contribution in [2.24, 2.45) is 0 Å². The molecule has 0 radical (unpaired) electrons. The van der Waals surface area contributed by atoms with Crippen molar-refractivity contribution in [2.45, 2.75) is 13.1 Å². The number of amides is 1. The number of benzene rings is 2. The Hall–Kier alpha value is -3.51. The molecule has 1 amide bonds. The molecule has 2 heterocycles. The Balaban J connectivity index is 1.64. The quantitative estimate of drug-likeness (QED) is 0.439. The van der Waals surface area contributed by atoms with Crippen LogP contribution in [-0.4, -0.2) is 38.2 Å². The van der Waals surface area contributed by atoms with Gasteiger partial charge >= 0.3 is 0 Å². The topological polar surface area (TPSA) is 68.1 Å². The zero-order chi connectivity index (χ0) is 21.1. The fourth-order valence-corrected chi connectivity index (χ4v) is 3.39. The minimum absolute atomic E-state index is 0.0604. The lowest BCUT2D eigenvalue weighted by Gasteiger charge is -2.17. The Morgan fingerprint density at radius 1 is 1.00 bits per heavy atom. The fourth-order valence-electron chi connectivity index (χ4n) is 3.26. The molecule has 0 aliphatic heterocycles. The molecule has 0 aliphatic rings. The summed E-state index contributed by atoms with van der Waals surface area (Å²) in [7, 11) is 1.70. The van der Waals surface area contributed by atoms with Crippen molar-refractivity contribution in [2.75, 3.05) is 7.05 Å². The number of imidazole rings is 1. The zero-order valence-corrected chi connectivity index (χ0v) is 17.1. The van der Waals surface area contributed by atoms with Crippen LogP contribution in [-0.2, 0) is 13.1 Å². The third kappa shape index (κ3) is 4.09. The number of ketones is 1. The maximum Gasteiger partial charge on any atom is 0.272 e. The molecule has 30 heavy (non-hydrogen) atoms. The van der Waals surface area contributed by atoms with Crippen molar-refractivity contribution >= 4 is 34.3 Å². The first-order chi connectivity index (χ1) is 14.5. The molecule has 0 aliphatic carbocycles. The zero-order valence-electron chi connectivity index (χ0n) is 16.3. The SMILES string of the molecule is CN(Cc1nc2ccccc2n1CC(=O)c1ccc(Cl)cc1)C(=O)c1ccccn1. The molecule has 4 rings (SSSR count). The number of carbonyl (C=O) groups excluding carboxylic acids is 2. The molecular formula is C23H19ClN4O2. The number of Topliss-reactive ketones (excluding diaryl/α,β-unsaturated/α-hetero) is 1. The van der Waals surface area contributed by atoms with Crippen molar-refractivity contribution in [3.05, 3.63) is 95.0 Å². The molecule has 0 bridgehead atoms. The summed E-state index contributed by atoms with van der Waals surface area (Å²) in [6.07, 6.45) is 1.58. The first kappa shape index (κ1) is 19.8. The van der Waals surface area contributed by atoms with E-state index >= 15 is 0 Å². The Bertz CT molecular complexity index is 1200. The third-order valence-corrected chi connectivity index (χ3v) is 5.06. The second kappa shape index (κ2) is 8.47. The van der Waals surface area contributed by atoms with Gasteiger partial charge in [0.15, 0.2) is 5.78 Å².